The highest BCUT2D eigenvalue weighted by Gasteiger charge is 2.53. The summed E-state index contributed by atoms with van der Waals surface area (Å²) in [7, 11) is -3.73. The van der Waals surface area contributed by atoms with Crippen LogP contribution in [0.1, 0.15) is 63.5 Å². The van der Waals surface area contributed by atoms with Gasteiger partial charge >= 0.3 is 0 Å². The van der Waals surface area contributed by atoms with E-state index in [4.69, 9.17) is 0 Å². The maximum atomic E-state index is 13.5. The minimum Gasteiger partial charge on any atom is -0.352 e. The number of benzene rings is 1. The third kappa shape index (κ3) is 3.23. The molecule has 2 rings (SSSR count). The molecule has 4 nitrogen and oxygen atoms in total. The van der Waals surface area contributed by atoms with E-state index in [-0.39, 0.29) is 11.9 Å². The van der Waals surface area contributed by atoms with Crippen molar-refractivity contribution in [3.05, 3.63) is 29.3 Å². The largest absolute Gasteiger partial charge is 0.352 e. The summed E-state index contributed by atoms with van der Waals surface area (Å²) in [5, 5.41) is 2.99. The van der Waals surface area contributed by atoms with Crippen molar-refractivity contribution in [3.63, 3.8) is 0 Å². The molecule has 0 atom stereocenters. The van der Waals surface area contributed by atoms with Gasteiger partial charge in [0, 0.05) is 6.04 Å². The summed E-state index contributed by atoms with van der Waals surface area (Å²) in [5.74, 6) is -0.311. The van der Waals surface area contributed by atoms with Crippen LogP contribution in [-0.2, 0) is 14.6 Å². The Bertz CT molecular complexity index is 699. The maximum Gasteiger partial charge on any atom is 0.242 e. The molecule has 0 spiro atoms. The summed E-state index contributed by atoms with van der Waals surface area (Å²) >= 11 is 0. The number of carbonyl (C=O) groups is 1. The molecule has 24 heavy (non-hydrogen) atoms. The van der Waals surface area contributed by atoms with Crippen molar-refractivity contribution in [2.24, 2.45) is 0 Å². The predicted octanol–water partition coefficient (Wildman–Crippen LogP) is 3.69. The molecule has 1 aliphatic carbocycles. The fourth-order valence-electron chi connectivity index (χ4n) is 3.58. The van der Waals surface area contributed by atoms with E-state index in [2.05, 4.69) is 5.32 Å². The molecule has 0 radical (unpaired) electrons. The first-order chi connectivity index (χ1) is 11.3. The van der Waals surface area contributed by atoms with Gasteiger partial charge in [-0.25, -0.2) is 8.42 Å². The maximum absolute atomic E-state index is 13.5. The molecule has 1 fully saturated rings. The van der Waals surface area contributed by atoms with Crippen LogP contribution in [-0.4, -0.2) is 25.1 Å². The van der Waals surface area contributed by atoms with Gasteiger partial charge in [0.1, 0.15) is 0 Å². The van der Waals surface area contributed by atoms with E-state index in [0.717, 1.165) is 31.2 Å². The summed E-state index contributed by atoms with van der Waals surface area (Å²) in [6, 6.07) is 5.46. The first-order valence-corrected chi connectivity index (χ1v) is 10.4. The number of nitrogens with one attached hydrogen (secondary N) is 1. The van der Waals surface area contributed by atoms with E-state index in [1.807, 2.05) is 32.9 Å². The van der Waals surface area contributed by atoms with E-state index in [9.17, 15) is 13.2 Å². The van der Waals surface area contributed by atoms with Crippen LogP contribution in [0.25, 0.3) is 0 Å². The summed E-state index contributed by atoms with van der Waals surface area (Å²) in [6.07, 6.45) is 3.99. The van der Waals surface area contributed by atoms with E-state index in [1.54, 1.807) is 13.0 Å². The Morgan fingerprint density at radius 1 is 1.17 bits per heavy atom. The monoisotopic (exact) mass is 351 g/mol. The highest BCUT2D eigenvalue weighted by molar-refractivity contribution is 7.93. The molecule has 1 saturated carbocycles. The zero-order valence-corrected chi connectivity index (χ0v) is 16.0. The fraction of sp³-hybridized carbons (Fsp3) is 0.632. The Labute approximate surface area is 146 Å². The van der Waals surface area contributed by atoms with Crippen molar-refractivity contribution >= 4 is 15.7 Å². The minimum absolute atomic E-state index is 0.0313. The van der Waals surface area contributed by atoms with Gasteiger partial charge in [-0.05, 0) is 56.7 Å². The predicted molar refractivity (Wildman–Crippen MR) is 96.8 cm³/mol. The van der Waals surface area contributed by atoms with Gasteiger partial charge in [0.2, 0.25) is 5.91 Å². The number of sulfone groups is 1. The summed E-state index contributed by atoms with van der Waals surface area (Å²) < 4.78 is 25.6. The minimum atomic E-state index is -3.73. The van der Waals surface area contributed by atoms with Crippen molar-refractivity contribution in [2.45, 2.75) is 81.9 Å². The van der Waals surface area contributed by atoms with Gasteiger partial charge < -0.3 is 5.32 Å². The van der Waals surface area contributed by atoms with Crippen molar-refractivity contribution in [2.75, 3.05) is 0 Å². The molecule has 1 amide bonds. The first-order valence-electron chi connectivity index (χ1n) is 8.91. The third-order valence-electron chi connectivity index (χ3n) is 5.29. The molecule has 0 bridgehead atoms. The number of aryl methyl sites for hydroxylation is 2. The van der Waals surface area contributed by atoms with E-state index in [1.165, 1.54) is 0 Å². The lowest BCUT2D eigenvalue weighted by atomic mass is 10.0. The van der Waals surface area contributed by atoms with E-state index < -0.39 is 14.6 Å². The van der Waals surface area contributed by atoms with Crippen LogP contribution in [0.15, 0.2) is 23.1 Å². The molecule has 0 saturated heterocycles. The van der Waals surface area contributed by atoms with Crippen LogP contribution in [0.5, 0.6) is 0 Å². The summed E-state index contributed by atoms with van der Waals surface area (Å²) in [4.78, 5) is 13.3. The van der Waals surface area contributed by atoms with Gasteiger partial charge in [0.25, 0.3) is 0 Å². The second-order valence-electron chi connectivity index (χ2n) is 6.96. The van der Waals surface area contributed by atoms with Gasteiger partial charge in [-0.15, -0.1) is 0 Å². The SMILES string of the molecule is CCC(CC)NC(=O)C1(S(=O)(=O)c2cc(C)ccc2C)CCCC1. The smallest absolute Gasteiger partial charge is 0.242 e. The van der Waals surface area contributed by atoms with Gasteiger partial charge in [-0.1, -0.05) is 38.8 Å². The van der Waals surface area contributed by atoms with Crippen LogP contribution in [0.2, 0.25) is 0 Å². The van der Waals surface area contributed by atoms with Crippen LogP contribution in [0, 0.1) is 13.8 Å². The summed E-state index contributed by atoms with van der Waals surface area (Å²) in [5.41, 5.74) is 1.61. The van der Waals surface area contributed by atoms with Crippen LogP contribution in [0.4, 0.5) is 0 Å². The highest BCUT2D eigenvalue weighted by Crippen LogP contribution is 2.42. The molecule has 1 aromatic carbocycles. The summed E-state index contributed by atoms with van der Waals surface area (Å²) in [6.45, 7) is 7.70. The normalized spacial score (nSPS) is 17.2. The quantitative estimate of drug-likeness (QED) is 0.850. The Morgan fingerprint density at radius 2 is 1.75 bits per heavy atom. The van der Waals surface area contributed by atoms with Crippen molar-refractivity contribution < 1.29 is 13.2 Å². The Morgan fingerprint density at radius 3 is 2.29 bits per heavy atom. The number of carbonyl (C=O) groups excluding carboxylic acids is 1. The number of rotatable bonds is 6. The molecule has 1 aliphatic rings. The lowest BCUT2D eigenvalue weighted by Crippen LogP contribution is -2.53. The molecule has 134 valence electrons. The van der Waals surface area contributed by atoms with Crippen LogP contribution < -0.4 is 5.32 Å². The second-order valence-corrected chi connectivity index (χ2v) is 9.19. The first kappa shape index (κ1) is 19.0. The van der Waals surface area contributed by atoms with Crippen LogP contribution >= 0.6 is 0 Å². The zero-order valence-electron chi connectivity index (χ0n) is 15.2. The molecule has 1 N–H and O–H groups in total. The van der Waals surface area contributed by atoms with Crippen molar-refractivity contribution in [1.29, 1.82) is 0 Å². The fourth-order valence-corrected chi connectivity index (χ4v) is 5.96. The second kappa shape index (κ2) is 7.26. The highest BCUT2D eigenvalue weighted by atomic mass is 32.2. The number of amides is 1. The van der Waals surface area contributed by atoms with Crippen LogP contribution in [0.3, 0.4) is 0 Å². The van der Waals surface area contributed by atoms with Gasteiger partial charge in [0.05, 0.1) is 4.90 Å². The molecule has 0 unspecified atom stereocenters. The molecular formula is C19H29NO3S. The average Bonchev–Trinajstić information content (AvgIpc) is 3.06. The number of hydrogen-bond donors (Lipinski definition) is 1. The van der Waals surface area contributed by atoms with E-state index in [0.29, 0.717) is 23.3 Å². The standard InChI is InChI=1S/C19H29NO3S/c1-5-16(6-2)20-18(21)19(11-7-8-12-19)24(22,23)17-13-14(3)9-10-15(17)4/h9-10,13,16H,5-8,11-12H2,1-4H3,(H,20,21). The molecule has 5 heteroatoms. The topological polar surface area (TPSA) is 63.2 Å². The Kier molecular flexibility index (Phi) is 5.74. The lowest BCUT2D eigenvalue weighted by molar-refractivity contribution is -0.124. The molecule has 0 aliphatic heterocycles. The van der Waals surface area contributed by atoms with E-state index >= 15 is 0 Å². The zero-order chi connectivity index (χ0) is 18.0. The Hall–Kier alpha value is -1.36. The van der Waals surface area contributed by atoms with Gasteiger partial charge in [-0.2, -0.15) is 0 Å². The molecule has 0 aromatic heterocycles. The van der Waals surface area contributed by atoms with Crippen molar-refractivity contribution in [3.8, 4) is 0 Å². The lowest BCUT2D eigenvalue weighted by Gasteiger charge is -2.30. The Balaban J connectivity index is 2.49. The van der Waals surface area contributed by atoms with Gasteiger partial charge in [0.15, 0.2) is 14.6 Å². The molecular weight excluding hydrogens is 322 g/mol. The third-order valence-corrected chi connectivity index (χ3v) is 7.93. The molecule has 0 heterocycles. The number of hydrogen-bond acceptors (Lipinski definition) is 3. The van der Waals surface area contributed by atoms with Crippen molar-refractivity contribution in [1.82, 2.24) is 5.32 Å². The average molecular weight is 352 g/mol. The van der Waals surface area contributed by atoms with Gasteiger partial charge in [-0.3, -0.25) is 4.79 Å². The molecule has 1 aromatic rings.